The van der Waals surface area contributed by atoms with Crippen molar-refractivity contribution in [1.29, 1.82) is 0 Å². The maximum atomic E-state index is 13.2. The number of amides is 1. The lowest BCUT2D eigenvalue weighted by Crippen LogP contribution is -2.42. The molecule has 34 heavy (non-hydrogen) atoms. The summed E-state index contributed by atoms with van der Waals surface area (Å²) in [5.74, 6) is 1.96. The SMILES string of the molecule is CC(C1CC1)N1C(=O)C2(CC2)c2cnc(NC3CCN(S(=O)(=O)c4ccc(=O)[nH]c4)CC3)nc21. The molecule has 0 bridgehead atoms. The van der Waals surface area contributed by atoms with Gasteiger partial charge in [-0.3, -0.25) is 14.5 Å². The summed E-state index contributed by atoms with van der Waals surface area (Å²) in [6.07, 6.45) is 8.31. The zero-order valence-corrected chi connectivity index (χ0v) is 19.8. The van der Waals surface area contributed by atoms with Gasteiger partial charge in [-0.05, 0) is 57.4 Å². The van der Waals surface area contributed by atoms with Gasteiger partial charge < -0.3 is 10.3 Å². The van der Waals surface area contributed by atoms with E-state index in [0.717, 1.165) is 37.1 Å². The van der Waals surface area contributed by atoms with E-state index >= 15 is 0 Å². The largest absolute Gasteiger partial charge is 0.351 e. The quantitative estimate of drug-likeness (QED) is 0.637. The molecule has 4 heterocycles. The second-order valence-corrected chi connectivity index (χ2v) is 11.9. The van der Waals surface area contributed by atoms with Gasteiger partial charge in [-0.25, -0.2) is 13.4 Å². The first-order valence-electron chi connectivity index (χ1n) is 12.0. The summed E-state index contributed by atoms with van der Waals surface area (Å²) in [5.41, 5.74) is 0.214. The fourth-order valence-corrected chi connectivity index (χ4v) is 6.75. The first-order chi connectivity index (χ1) is 16.3. The lowest BCUT2D eigenvalue weighted by Gasteiger charge is -2.31. The van der Waals surface area contributed by atoms with Gasteiger partial charge in [0.25, 0.3) is 0 Å². The zero-order valence-electron chi connectivity index (χ0n) is 19.0. The Balaban J connectivity index is 1.16. The lowest BCUT2D eigenvalue weighted by atomic mass is 10.0. The van der Waals surface area contributed by atoms with Gasteiger partial charge >= 0.3 is 0 Å². The number of H-pyrrole nitrogens is 1. The van der Waals surface area contributed by atoms with Gasteiger partial charge in [0.15, 0.2) is 0 Å². The number of nitrogens with one attached hydrogen (secondary N) is 2. The van der Waals surface area contributed by atoms with Gasteiger partial charge in [0.1, 0.15) is 5.82 Å². The molecule has 0 radical (unpaired) electrons. The number of aromatic amines is 1. The van der Waals surface area contributed by atoms with Crippen molar-refractivity contribution in [2.75, 3.05) is 23.3 Å². The fourth-order valence-electron chi connectivity index (χ4n) is 5.31. The molecule has 0 aromatic carbocycles. The number of sulfonamides is 1. The van der Waals surface area contributed by atoms with Gasteiger partial charge in [-0.15, -0.1) is 0 Å². The number of piperidine rings is 1. The van der Waals surface area contributed by atoms with Crippen LogP contribution in [0.15, 0.2) is 34.2 Å². The maximum Gasteiger partial charge on any atom is 0.247 e. The molecular formula is C23H28N6O4S. The Morgan fingerprint density at radius 3 is 2.50 bits per heavy atom. The van der Waals surface area contributed by atoms with E-state index in [-0.39, 0.29) is 28.4 Å². The average Bonchev–Trinajstić information content (AvgIpc) is 3.74. The van der Waals surface area contributed by atoms with E-state index in [0.29, 0.717) is 37.8 Å². The number of carbonyl (C=O) groups excluding carboxylic acids is 1. The summed E-state index contributed by atoms with van der Waals surface area (Å²) in [5, 5.41) is 3.37. The van der Waals surface area contributed by atoms with Crippen molar-refractivity contribution in [2.45, 2.75) is 67.8 Å². The summed E-state index contributed by atoms with van der Waals surface area (Å²) >= 11 is 0. The molecule has 1 unspecified atom stereocenters. The Bertz CT molecular complexity index is 1290. The zero-order chi connectivity index (χ0) is 23.7. The van der Waals surface area contributed by atoms with Gasteiger partial charge in [0.05, 0.1) is 10.3 Å². The maximum absolute atomic E-state index is 13.2. The first-order valence-corrected chi connectivity index (χ1v) is 13.4. The van der Waals surface area contributed by atoms with Crippen LogP contribution in [0.2, 0.25) is 0 Å². The molecule has 10 nitrogen and oxygen atoms in total. The van der Waals surface area contributed by atoms with Gasteiger partial charge in [-0.1, -0.05) is 0 Å². The van der Waals surface area contributed by atoms with Crippen LogP contribution in [0, 0.1) is 5.92 Å². The molecule has 11 heteroatoms. The molecule has 1 amide bonds. The highest BCUT2D eigenvalue weighted by Gasteiger charge is 2.61. The molecule has 1 atom stereocenters. The molecule has 180 valence electrons. The van der Waals surface area contributed by atoms with Crippen LogP contribution < -0.4 is 15.8 Å². The normalized spacial score (nSPS) is 23.2. The topological polar surface area (TPSA) is 128 Å². The predicted molar refractivity (Wildman–Crippen MR) is 125 cm³/mol. The number of hydrogen-bond acceptors (Lipinski definition) is 7. The predicted octanol–water partition coefficient (Wildman–Crippen LogP) is 1.61. The fraction of sp³-hybridized carbons (Fsp3) is 0.565. The minimum Gasteiger partial charge on any atom is -0.351 e. The summed E-state index contributed by atoms with van der Waals surface area (Å²) in [6.45, 7) is 2.83. The Hall–Kier alpha value is -2.79. The van der Waals surface area contributed by atoms with E-state index in [4.69, 9.17) is 4.98 Å². The number of carbonyl (C=O) groups is 1. The second kappa shape index (κ2) is 7.61. The molecule has 2 N–H and O–H groups in total. The molecule has 1 saturated heterocycles. The van der Waals surface area contributed by atoms with Crippen molar-refractivity contribution in [3.05, 3.63) is 40.4 Å². The summed E-state index contributed by atoms with van der Waals surface area (Å²) in [6, 6.07) is 2.73. The minimum absolute atomic E-state index is 0.0291. The molecule has 2 aliphatic carbocycles. The summed E-state index contributed by atoms with van der Waals surface area (Å²) in [7, 11) is -3.65. The summed E-state index contributed by atoms with van der Waals surface area (Å²) in [4.78, 5) is 38.2. The number of pyridine rings is 1. The molecule has 2 aliphatic heterocycles. The number of nitrogens with zero attached hydrogens (tertiary/aromatic N) is 4. The molecule has 4 aliphatic rings. The Labute approximate surface area is 197 Å². The van der Waals surface area contributed by atoms with Crippen molar-refractivity contribution in [3.8, 4) is 0 Å². The van der Waals surface area contributed by atoms with E-state index in [9.17, 15) is 18.0 Å². The molecule has 2 saturated carbocycles. The molecule has 1 spiro atoms. The van der Waals surface area contributed by atoms with E-state index in [1.165, 1.54) is 22.6 Å². The van der Waals surface area contributed by atoms with Crippen LogP contribution in [0.1, 0.15) is 51.0 Å². The van der Waals surface area contributed by atoms with Crippen molar-refractivity contribution in [3.63, 3.8) is 0 Å². The molecule has 6 rings (SSSR count). The number of anilines is 2. The minimum atomic E-state index is -3.65. The third kappa shape index (κ3) is 3.44. The van der Waals surface area contributed by atoms with Crippen molar-refractivity contribution in [1.82, 2.24) is 19.3 Å². The molecule has 2 aromatic rings. The van der Waals surface area contributed by atoms with E-state index in [2.05, 4.69) is 22.2 Å². The Morgan fingerprint density at radius 2 is 1.88 bits per heavy atom. The number of aromatic nitrogens is 3. The van der Waals surface area contributed by atoms with Crippen LogP contribution >= 0.6 is 0 Å². The number of rotatable bonds is 6. The molecule has 2 aromatic heterocycles. The summed E-state index contributed by atoms with van der Waals surface area (Å²) < 4.78 is 27.2. The van der Waals surface area contributed by atoms with Crippen molar-refractivity contribution in [2.24, 2.45) is 5.92 Å². The van der Waals surface area contributed by atoms with Gasteiger partial charge in [0, 0.05) is 49.2 Å². The monoisotopic (exact) mass is 484 g/mol. The van der Waals surface area contributed by atoms with Crippen LogP contribution in [0.5, 0.6) is 0 Å². The van der Waals surface area contributed by atoms with Gasteiger partial charge in [-0.2, -0.15) is 9.29 Å². The molecular weight excluding hydrogens is 456 g/mol. The van der Waals surface area contributed by atoms with Crippen molar-refractivity contribution < 1.29 is 13.2 Å². The van der Waals surface area contributed by atoms with Crippen LogP contribution in [0.25, 0.3) is 0 Å². The Kier molecular flexibility index (Phi) is 4.86. The highest BCUT2D eigenvalue weighted by molar-refractivity contribution is 7.89. The van der Waals surface area contributed by atoms with Crippen LogP contribution in [-0.2, 0) is 20.2 Å². The van der Waals surface area contributed by atoms with Crippen LogP contribution in [-0.4, -0.2) is 58.8 Å². The highest BCUT2D eigenvalue weighted by atomic mass is 32.2. The lowest BCUT2D eigenvalue weighted by molar-refractivity contribution is -0.120. The third-order valence-electron chi connectivity index (χ3n) is 7.78. The number of fused-ring (bicyclic) bond motifs is 2. The molecule has 3 fully saturated rings. The first kappa shape index (κ1) is 21.7. The third-order valence-corrected chi connectivity index (χ3v) is 9.68. The van der Waals surface area contributed by atoms with E-state index < -0.39 is 15.4 Å². The Morgan fingerprint density at radius 1 is 1.15 bits per heavy atom. The van der Waals surface area contributed by atoms with E-state index in [1.807, 2.05) is 11.1 Å². The van der Waals surface area contributed by atoms with E-state index in [1.54, 1.807) is 0 Å². The second-order valence-electron chi connectivity index (χ2n) is 9.98. The highest BCUT2D eigenvalue weighted by Crippen LogP contribution is 2.58. The smallest absolute Gasteiger partial charge is 0.247 e. The standard InChI is InChI=1S/C23H28N6O4S/c1-14(15-2-3-15)29-20-18(23(8-9-23)21(29)31)13-25-22(27-20)26-16-6-10-28(11-7-16)34(32,33)17-4-5-19(30)24-12-17/h4-5,12-16H,2-3,6-11H2,1H3,(H,24,30)(H,25,26,27). The van der Waals surface area contributed by atoms with Crippen molar-refractivity contribution >= 4 is 27.7 Å². The van der Waals surface area contributed by atoms with Crippen LogP contribution in [0.4, 0.5) is 11.8 Å². The van der Waals surface area contributed by atoms with Crippen LogP contribution in [0.3, 0.4) is 0 Å². The number of hydrogen-bond donors (Lipinski definition) is 2. The van der Waals surface area contributed by atoms with Gasteiger partial charge in [0.2, 0.25) is 27.4 Å². The average molecular weight is 485 g/mol.